The molecule has 0 aliphatic rings. The molecule has 2 rings (SSSR count). The second-order valence-corrected chi connectivity index (χ2v) is 4.15. The average molecular weight is 251 g/mol. The Labute approximate surface area is 104 Å². The van der Waals surface area contributed by atoms with E-state index in [1.165, 1.54) is 0 Å². The van der Waals surface area contributed by atoms with Crippen LogP contribution >= 0.6 is 23.2 Å². The number of halogens is 2. The van der Waals surface area contributed by atoms with Gasteiger partial charge in [-0.2, -0.15) is 0 Å². The predicted molar refractivity (Wildman–Crippen MR) is 67.3 cm³/mol. The number of carbonyl (C=O) groups is 1. The first-order valence-electron chi connectivity index (χ1n) is 4.72. The molecule has 2 aromatic carbocycles. The molecule has 0 aliphatic heterocycles. The van der Waals surface area contributed by atoms with Crippen molar-refractivity contribution >= 4 is 29.5 Å². The molecule has 0 N–H and O–H groups in total. The van der Waals surface area contributed by atoms with Crippen LogP contribution in [0.25, 0.3) is 11.1 Å². The van der Waals surface area contributed by atoms with Crippen LogP contribution < -0.4 is 0 Å². The molecule has 2 aromatic rings. The van der Waals surface area contributed by atoms with Gasteiger partial charge in [0.1, 0.15) is 0 Å². The van der Waals surface area contributed by atoms with Gasteiger partial charge in [-0.15, -0.1) is 0 Å². The molecule has 0 saturated heterocycles. The Balaban J connectivity index is 2.54. The molecule has 0 unspecified atom stereocenters. The Morgan fingerprint density at radius 1 is 0.938 bits per heavy atom. The van der Waals surface area contributed by atoms with Gasteiger partial charge in [0.15, 0.2) is 6.29 Å². The molecule has 0 atom stereocenters. The summed E-state index contributed by atoms with van der Waals surface area (Å²) < 4.78 is 0. The summed E-state index contributed by atoms with van der Waals surface area (Å²) in [6, 6.07) is 12.8. The van der Waals surface area contributed by atoms with Crippen molar-refractivity contribution in [1.82, 2.24) is 0 Å². The Bertz CT molecular complexity index is 535. The molecule has 0 bridgehead atoms. The van der Waals surface area contributed by atoms with E-state index in [2.05, 4.69) is 0 Å². The fourth-order valence-corrected chi connectivity index (χ4v) is 1.96. The van der Waals surface area contributed by atoms with Gasteiger partial charge in [-0.05, 0) is 23.8 Å². The predicted octanol–water partition coefficient (Wildman–Crippen LogP) is 4.47. The highest BCUT2D eigenvalue weighted by atomic mass is 35.5. The monoisotopic (exact) mass is 250 g/mol. The number of hydrogen-bond donors (Lipinski definition) is 0. The van der Waals surface area contributed by atoms with E-state index in [0.29, 0.717) is 15.6 Å². The van der Waals surface area contributed by atoms with Gasteiger partial charge >= 0.3 is 0 Å². The third-order valence-corrected chi connectivity index (χ3v) is 2.97. The van der Waals surface area contributed by atoms with Crippen LogP contribution in [0.5, 0.6) is 0 Å². The first-order valence-corrected chi connectivity index (χ1v) is 5.47. The Hall–Kier alpha value is -1.31. The second kappa shape index (κ2) is 4.69. The summed E-state index contributed by atoms with van der Waals surface area (Å²) in [5, 5.41) is 1.10. The van der Waals surface area contributed by atoms with Crippen molar-refractivity contribution in [3.05, 3.63) is 58.1 Å². The number of aldehydes is 1. The maximum Gasteiger partial charge on any atom is 0.151 e. The zero-order valence-electron chi connectivity index (χ0n) is 8.28. The lowest BCUT2D eigenvalue weighted by atomic mass is 10.0. The minimum Gasteiger partial charge on any atom is -0.298 e. The van der Waals surface area contributed by atoms with Gasteiger partial charge in [0.05, 0.1) is 5.02 Å². The normalized spacial score (nSPS) is 10.1. The lowest BCUT2D eigenvalue weighted by Gasteiger charge is -2.05. The van der Waals surface area contributed by atoms with Gasteiger partial charge in [0.25, 0.3) is 0 Å². The summed E-state index contributed by atoms with van der Waals surface area (Å²) in [6.07, 6.45) is 0.735. The molecular weight excluding hydrogens is 243 g/mol. The van der Waals surface area contributed by atoms with Crippen molar-refractivity contribution in [1.29, 1.82) is 0 Å². The molecule has 16 heavy (non-hydrogen) atoms. The molecule has 80 valence electrons. The van der Waals surface area contributed by atoms with E-state index in [4.69, 9.17) is 23.2 Å². The Morgan fingerprint density at radius 3 is 2.31 bits per heavy atom. The van der Waals surface area contributed by atoms with Crippen LogP contribution in [-0.2, 0) is 0 Å². The number of benzene rings is 2. The lowest BCUT2D eigenvalue weighted by molar-refractivity contribution is 0.112. The molecule has 0 fully saturated rings. The summed E-state index contributed by atoms with van der Waals surface area (Å²) >= 11 is 12.0. The fraction of sp³-hybridized carbons (Fsp3) is 0. The van der Waals surface area contributed by atoms with Crippen molar-refractivity contribution in [3.8, 4) is 11.1 Å². The number of hydrogen-bond acceptors (Lipinski definition) is 1. The summed E-state index contributed by atoms with van der Waals surface area (Å²) in [7, 11) is 0. The second-order valence-electron chi connectivity index (χ2n) is 3.33. The van der Waals surface area contributed by atoms with Crippen molar-refractivity contribution in [2.75, 3.05) is 0 Å². The number of rotatable bonds is 2. The molecule has 0 heterocycles. The van der Waals surface area contributed by atoms with Crippen LogP contribution in [0.1, 0.15) is 10.4 Å². The molecule has 0 radical (unpaired) electrons. The van der Waals surface area contributed by atoms with Gasteiger partial charge in [0, 0.05) is 16.1 Å². The van der Waals surface area contributed by atoms with Crippen LogP contribution in [0.3, 0.4) is 0 Å². The molecule has 0 spiro atoms. The molecule has 3 heteroatoms. The third kappa shape index (κ3) is 2.11. The third-order valence-electron chi connectivity index (χ3n) is 2.31. The largest absolute Gasteiger partial charge is 0.298 e. The lowest BCUT2D eigenvalue weighted by Crippen LogP contribution is -1.84. The maximum absolute atomic E-state index is 10.6. The molecule has 0 aromatic heterocycles. The standard InChI is InChI=1S/C13H8Cl2O/c14-12-4-2-1-3-11(12)9-5-6-10(8-16)13(15)7-9/h1-8H. The van der Waals surface area contributed by atoms with Crippen molar-refractivity contribution in [2.45, 2.75) is 0 Å². The average Bonchev–Trinajstić information content (AvgIpc) is 2.29. The molecular formula is C13H8Cl2O. The van der Waals surface area contributed by atoms with Crippen LogP contribution in [0, 0.1) is 0 Å². The van der Waals surface area contributed by atoms with Crippen LogP contribution in [0.4, 0.5) is 0 Å². The van der Waals surface area contributed by atoms with E-state index in [0.717, 1.165) is 17.4 Å². The van der Waals surface area contributed by atoms with E-state index in [1.54, 1.807) is 12.1 Å². The maximum atomic E-state index is 10.6. The number of carbonyl (C=O) groups excluding carboxylic acids is 1. The van der Waals surface area contributed by atoms with E-state index in [9.17, 15) is 4.79 Å². The topological polar surface area (TPSA) is 17.1 Å². The summed E-state index contributed by atoms with van der Waals surface area (Å²) in [5.41, 5.74) is 2.29. The first kappa shape index (κ1) is 11.2. The first-order chi connectivity index (χ1) is 7.72. The highest BCUT2D eigenvalue weighted by Gasteiger charge is 2.05. The highest BCUT2D eigenvalue weighted by molar-refractivity contribution is 6.34. The molecule has 0 aliphatic carbocycles. The molecule has 0 saturated carbocycles. The van der Waals surface area contributed by atoms with E-state index < -0.39 is 0 Å². The fourth-order valence-electron chi connectivity index (χ4n) is 1.49. The van der Waals surface area contributed by atoms with Crippen molar-refractivity contribution < 1.29 is 4.79 Å². The van der Waals surface area contributed by atoms with Gasteiger partial charge in [-0.1, -0.05) is 47.5 Å². The quantitative estimate of drug-likeness (QED) is 0.719. The van der Waals surface area contributed by atoms with Crippen molar-refractivity contribution in [3.63, 3.8) is 0 Å². The minimum absolute atomic E-state index is 0.437. The summed E-state index contributed by atoms with van der Waals surface area (Å²) in [4.78, 5) is 10.6. The molecule has 0 amide bonds. The minimum atomic E-state index is 0.437. The summed E-state index contributed by atoms with van der Waals surface area (Å²) in [6.45, 7) is 0. The zero-order valence-corrected chi connectivity index (χ0v) is 9.79. The Kier molecular flexibility index (Phi) is 3.28. The molecule has 1 nitrogen and oxygen atoms in total. The smallest absolute Gasteiger partial charge is 0.151 e. The van der Waals surface area contributed by atoms with Crippen LogP contribution in [0.2, 0.25) is 10.0 Å². The Morgan fingerprint density at radius 2 is 1.69 bits per heavy atom. The SMILES string of the molecule is O=Cc1ccc(-c2ccccc2Cl)cc1Cl. The van der Waals surface area contributed by atoms with Crippen LogP contribution in [0.15, 0.2) is 42.5 Å². The van der Waals surface area contributed by atoms with Crippen LogP contribution in [-0.4, -0.2) is 6.29 Å². The van der Waals surface area contributed by atoms with Gasteiger partial charge in [-0.25, -0.2) is 0 Å². The highest BCUT2D eigenvalue weighted by Crippen LogP contribution is 2.30. The zero-order chi connectivity index (χ0) is 11.5. The summed E-state index contributed by atoms with van der Waals surface area (Å²) in [5.74, 6) is 0. The van der Waals surface area contributed by atoms with Gasteiger partial charge in [-0.3, -0.25) is 4.79 Å². The van der Waals surface area contributed by atoms with E-state index >= 15 is 0 Å². The van der Waals surface area contributed by atoms with E-state index in [-0.39, 0.29) is 0 Å². The van der Waals surface area contributed by atoms with Crippen molar-refractivity contribution in [2.24, 2.45) is 0 Å². The van der Waals surface area contributed by atoms with Gasteiger partial charge in [0.2, 0.25) is 0 Å². The van der Waals surface area contributed by atoms with E-state index in [1.807, 2.05) is 30.3 Å². The van der Waals surface area contributed by atoms with Gasteiger partial charge < -0.3 is 0 Å².